The van der Waals surface area contributed by atoms with Crippen molar-refractivity contribution in [3.63, 3.8) is 0 Å². The molecule has 0 aromatic heterocycles. The summed E-state index contributed by atoms with van der Waals surface area (Å²) in [6.07, 6.45) is 0.914. The van der Waals surface area contributed by atoms with Crippen molar-refractivity contribution in [3.05, 3.63) is 39.7 Å². The second-order valence-electron chi connectivity index (χ2n) is 4.35. The van der Waals surface area contributed by atoms with Crippen LogP contribution in [0.1, 0.15) is 25.3 Å². The summed E-state index contributed by atoms with van der Waals surface area (Å²) in [4.78, 5) is 14.4. The smallest absolute Gasteiger partial charge is 0.282 e. The first-order chi connectivity index (χ1) is 8.98. The molecule has 102 valence electrons. The molecule has 6 nitrogen and oxygen atoms in total. The van der Waals surface area contributed by atoms with Crippen molar-refractivity contribution in [1.82, 2.24) is 0 Å². The third-order valence-electron chi connectivity index (χ3n) is 3.34. The van der Waals surface area contributed by atoms with Crippen LogP contribution in [-0.4, -0.2) is 17.6 Å². The molecule has 0 spiro atoms. The predicted molar refractivity (Wildman–Crippen MR) is 67.2 cm³/mol. The molecule has 0 aliphatic carbocycles. The number of benzene rings is 1. The number of nitrogens with two attached hydrogens (primary N) is 1. The van der Waals surface area contributed by atoms with E-state index in [1.165, 1.54) is 6.07 Å². The molecule has 0 saturated heterocycles. The summed E-state index contributed by atoms with van der Waals surface area (Å²) in [5.74, 6) is -0.522. The van der Waals surface area contributed by atoms with Gasteiger partial charge in [-0.1, -0.05) is 6.92 Å². The molecule has 0 bridgehead atoms. The van der Waals surface area contributed by atoms with Gasteiger partial charge in [0.15, 0.2) is 0 Å². The minimum absolute atomic E-state index is 0.0148. The van der Waals surface area contributed by atoms with Crippen molar-refractivity contribution in [3.8, 4) is 0 Å². The minimum Gasteiger partial charge on any atom is -0.465 e. The second-order valence-corrected chi connectivity index (χ2v) is 4.35. The zero-order valence-corrected chi connectivity index (χ0v) is 10.4. The molecule has 2 N–H and O–H groups in total. The Balaban J connectivity index is 2.57. The van der Waals surface area contributed by atoms with Crippen LogP contribution in [0.4, 0.5) is 10.1 Å². The molecule has 0 amide bonds. The Kier molecular flexibility index (Phi) is 3.37. The van der Waals surface area contributed by atoms with Crippen LogP contribution >= 0.6 is 0 Å². The number of hydrogen-bond donors (Lipinski definition) is 1. The summed E-state index contributed by atoms with van der Waals surface area (Å²) in [7, 11) is 0. The number of rotatable bonds is 3. The van der Waals surface area contributed by atoms with Gasteiger partial charge in [0.2, 0.25) is 0 Å². The van der Waals surface area contributed by atoms with Gasteiger partial charge in [0.05, 0.1) is 17.1 Å². The summed E-state index contributed by atoms with van der Waals surface area (Å²) in [5, 5.41) is 10.8. The number of non-ortho nitro benzene ring substituents is 1. The maximum Gasteiger partial charge on any atom is 0.282 e. The third kappa shape index (κ3) is 2.35. The van der Waals surface area contributed by atoms with Crippen LogP contribution in [0, 0.1) is 15.9 Å². The molecule has 7 heteroatoms. The summed E-state index contributed by atoms with van der Waals surface area (Å²) in [5.41, 5.74) is 4.68. The standard InChI is InChI=1S/C12H14FN3O3/c1-2-12(5-6-19-11(14)15-12)9-7-8(16(17)18)3-4-10(9)13/h3-4,7H,2,5-6H2,1H3,(H2,14,15). The van der Waals surface area contributed by atoms with Crippen molar-refractivity contribution in [1.29, 1.82) is 0 Å². The molecule has 1 unspecified atom stereocenters. The average molecular weight is 267 g/mol. The Labute approximate surface area is 109 Å². The summed E-state index contributed by atoms with van der Waals surface area (Å²) >= 11 is 0. The van der Waals surface area contributed by atoms with Gasteiger partial charge in [-0.3, -0.25) is 10.1 Å². The first-order valence-electron chi connectivity index (χ1n) is 5.91. The first kappa shape index (κ1) is 13.3. The van der Waals surface area contributed by atoms with Crippen LogP contribution in [0.2, 0.25) is 0 Å². The second kappa shape index (κ2) is 4.83. The Morgan fingerprint density at radius 3 is 2.95 bits per heavy atom. The number of hydrogen-bond acceptors (Lipinski definition) is 5. The van der Waals surface area contributed by atoms with E-state index < -0.39 is 16.3 Å². The van der Waals surface area contributed by atoms with Crippen molar-refractivity contribution in [2.45, 2.75) is 25.3 Å². The lowest BCUT2D eigenvalue weighted by Gasteiger charge is -2.32. The van der Waals surface area contributed by atoms with Gasteiger partial charge in [-0.2, -0.15) is 0 Å². The summed E-state index contributed by atoms with van der Waals surface area (Å²) < 4.78 is 19.0. The molecule has 19 heavy (non-hydrogen) atoms. The molecular formula is C12H14FN3O3. The lowest BCUT2D eigenvalue weighted by molar-refractivity contribution is -0.385. The fraction of sp³-hybridized carbons (Fsp3) is 0.417. The highest BCUT2D eigenvalue weighted by Gasteiger charge is 2.36. The lowest BCUT2D eigenvalue weighted by Crippen LogP contribution is -2.36. The van der Waals surface area contributed by atoms with Crippen LogP contribution in [0.25, 0.3) is 0 Å². The van der Waals surface area contributed by atoms with Gasteiger partial charge in [-0.05, 0) is 12.5 Å². The van der Waals surface area contributed by atoms with Crippen LogP contribution in [0.5, 0.6) is 0 Å². The highest BCUT2D eigenvalue weighted by Crippen LogP contribution is 2.38. The molecule has 1 aliphatic heterocycles. The zero-order chi connectivity index (χ0) is 14.0. The van der Waals surface area contributed by atoms with Gasteiger partial charge in [0, 0.05) is 24.1 Å². The van der Waals surface area contributed by atoms with E-state index in [0.29, 0.717) is 19.4 Å². The number of nitro benzene ring substituents is 1. The molecule has 0 fully saturated rings. The van der Waals surface area contributed by atoms with Gasteiger partial charge >= 0.3 is 0 Å². The van der Waals surface area contributed by atoms with E-state index in [4.69, 9.17) is 10.5 Å². The number of nitro groups is 1. The van der Waals surface area contributed by atoms with E-state index >= 15 is 0 Å². The van der Waals surface area contributed by atoms with Crippen LogP contribution in [0.3, 0.4) is 0 Å². The number of ether oxygens (including phenoxy) is 1. The van der Waals surface area contributed by atoms with Crippen molar-refractivity contribution >= 4 is 11.7 Å². The number of amidine groups is 1. The maximum atomic E-state index is 14.0. The summed E-state index contributed by atoms with van der Waals surface area (Å²) in [6.45, 7) is 2.14. The molecule has 0 saturated carbocycles. The summed E-state index contributed by atoms with van der Waals surface area (Å²) in [6, 6.07) is 3.43. The molecule has 0 radical (unpaired) electrons. The Bertz CT molecular complexity index is 547. The van der Waals surface area contributed by atoms with Gasteiger partial charge in [0.1, 0.15) is 5.82 Å². The third-order valence-corrected chi connectivity index (χ3v) is 3.34. The highest BCUT2D eigenvalue weighted by atomic mass is 19.1. The minimum atomic E-state index is -0.890. The Hall–Kier alpha value is -2.18. The Morgan fingerprint density at radius 2 is 2.37 bits per heavy atom. The topological polar surface area (TPSA) is 90.8 Å². The van der Waals surface area contributed by atoms with Gasteiger partial charge < -0.3 is 10.5 Å². The number of halogens is 1. The molecule has 2 rings (SSSR count). The molecular weight excluding hydrogens is 253 g/mol. The fourth-order valence-electron chi connectivity index (χ4n) is 2.25. The SMILES string of the molecule is CCC1(c2cc([N+](=O)[O-])ccc2F)CCOC(N)=N1. The monoisotopic (exact) mass is 267 g/mol. The van der Waals surface area contributed by atoms with E-state index in [-0.39, 0.29) is 17.3 Å². The van der Waals surface area contributed by atoms with Crippen molar-refractivity contribution in [2.24, 2.45) is 10.7 Å². The fourth-order valence-corrected chi connectivity index (χ4v) is 2.25. The predicted octanol–water partition coefficient (Wildman–Crippen LogP) is 2.07. The molecule has 1 atom stereocenters. The molecule has 1 aliphatic rings. The highest BCUT2D eigenvalue weighted by molar-refractivity contribution is 5.73. The Morgan fingerprint density at radius 1 is 1.63 bits per heavy atom. The average Bonchev–Trinajstić information content (AvgIpc) is 2.38. The number of aliphatic imine (C=N–C) groups is 1. The normalized spacial score (nSPS) is 22.5. The number of nitrogens with zero attached hydrogens (tertiary/aromatic N) is 2. The first-order valence-corrected chi connectivity index (χ1v) is 5.91. The van der Waals surface area contributed by atoms with E-state index in [2.05, 4.69) is 4.99 Å². The van der Waals surface area contributed by atoms with E-state index in [1.54, 1.807) is 0 Å². The maximum absolute atomic E-state index is 14.0. The van der Waals surface area contributed by atoms with Crippen molar-refractivity contribution in [2.75, 3.05) is 6.61 Å². The van der Waals surface area contributed by atoms with Gasteiger partial charge in [0.25, 0.3) is 11.7 Å². The largest absolute Gasteiger partial charge is 0.465 e. The molecule has 1 aromatic rings. The lowest BCUT2D eigenvalue weighted by atomic mass is 9.84. The molecule has 1 aromatic carbocycles. The van der Waals surface area contributed by atoms with E-state index in [0.717, 1.165) is 12.1 Å². The molecule has 1 heterocycles. The van der Waals surface area contributed by atoms with E-state index in [1.807, 2.05) is 6.92 Å². The van der Waals surface area contributed by atoms with Crippen molar-refractivity contribution < 1.29 is 14.1 Å². The van der Waals surface area contributed by atoms with E-state index in [9.17, 15) is 14.5 Å². The van der Waals surface area contributed by atoms with Crippen LogP contribution < -0.4 is 5.73 Å². The zero-order valence-electron chi connectivity index (χ0n) is 10.4. The van der Waals surface area contributed by atoms with Crippen LogP contribution in [0.15, 0.2) is 23.2 Å². The van der Waals surface area contributed by atoms with Gasteiger partial charge in [-0.15, -0.1) is 0 Å². The quantitative estimate of drug-likeness (QED) is 0.670. The van der Waals surface area contributed by atoms with Gasteiger partial charge in [-0.25, -0.2) is 9.38 Å². The van der Waals surface area contributed by atoms with Crippen LogP contribution in [-0.2, 0) is 10.3 Å².